The molecule has 62 valence electrons. The summed E-state index contributed by atoms with van der Waals surface area (Å²) in [5, 5.41) is 12.9. The summed E-state index contributed by atoms with van der Waals surface area (Å²) in [5.74, 6) is 0. The molecule has 1 aliphatic rings. The van der Waals surface area contributed by atoms with Gasteiger partial charge in [-0.1, -0.05) is 11.3 Å². The van der Waals surface area contributed by atoms with Crippen LogP contribution in [0.5, 0.6) is 0 Å². The van der Waals surface area contributed by atoms with E-state index in [-0.39, 0.29) is 5.54 Å². The van der Waals surface area contributed by atoms with Crippen LogP contribution in [0.25, 0.3) is 4.96 Å². The fourth-order valence-corrected chi connectivity index (χ4v) is 2.09. The summed E-state index contributed by atoms with van der Waals surface area (Å²) in [5.41, 5.74) is 5.83. The summed E-state index contributed by atoms with van der Waals surface area (Å²) >= 11 is 1.53. The van der Waals surface area contributed by atoms with E-state index >= 15 is 0 Å². The first kappa shape index (κ1) is 6.50. The van der Waals surface area contributed by atoms with Gasteiger partial charge in [0.2, 0.25) is 4.96 Å². The lowest BCUT2D eigenvalue weighted by atomic mass is 10.3. The molecule has 0 aromatic carbocycles. The Balaban J connectivity index is 2.21. The molecule has 0 spiro atoms. The number of hydrogen-bond donors (Lipinski definition) is 1. The highest BCUT2D eigenvalue weighted by Gasteiger charge is 2.43. The normalized spacial score (nSPS) is 20.1. The number of nitrogens with zero attached hydrogens (tertiary/aromatic N) is 4. The third kappa shape index (κ3) is 0.733. The van der Waals surface area contributed by atoms with Crippen molar-refractivity contribution in [3.63, 3.8) is 0 Å². The zero-order valence-electron chi connectivity index (χ0n) is 6.27. The fourth-order valence-electron chi connectivity index (χ4n) is 1.11. The van der Waals surface area contributed by atoms with Gasteiger partial charge >= 0.3 is 0 Å². The lowest BCUT2D eigenvalue weighted by Gasteiger charge is -1.99. The highest BCUT2D eigenvalue weighted by Crippen LogP contribution is 2.43. The van der Waals surface area contributed by atoms with Crippen LogP contribution in [-0.2, 0) is 5.54 Å². The van der Waals surface area contributed by atoms with Crippen molar-refractivity contribution < 1.29 is 0 Å². The predicted molar refractivity (Wildman–Crippen MR) is 43.8 cm³/mol. The number of nitrogens with two attached hydrogens (primary N) is 1. The van der Waals surface area contributed by atoms with Crippen LogP contribution in [-0.4, -0.2) is 19.8 Å². The fraction of sp³-hybridized carbons (Fsp3) is 0.500. The van der Waals surface area contributed by atoms with E-state index in [9.17, 15) is 0 Å². The van der Waals surface area contributed by atoms with E-state index in [1.165, 1.54) is 11.3 Å². The monoisotopic (exact) mass is 181 g/mol. The van der Waals surface area contributed by atoms with Crippen molar-refractivity contribution in [3.8, 4) is 0 Å². The second-order valence-electron chi connectivity index (χ2n) is 3.12. The molecule has 0 radical (unpaired) electrons. The van der Waals surface area contributed by atoms with Gasteiger partial charge in [0.25, 0.3) is 0 Å². The lowest BCUT2D eigenvalue weighted by molar-refractivity contribution is 0.704. The Morgan fingerprint density at radius 1 is 1.58 bits per heavy atom. The second kappa shape index (κ2) is 1.83. The molecule has 1 fully saturated rings. The maximum atomic E-state index is 5.98. The van der Waals surface area contributed by atoms with Crippen LogP contribution in [0, 0.1) is 0 Å². The Kier molecular flexibility index (Phi) is 0.993. The number of fused-ring (bicyclic) bond motifs is 1. The Bertz CT molecular complexity index is 397. The van der Waals surface area contributed by atoms with Crippen molar-refractivity contribution in [1.29, 1.82) is 0 Å². The predicted octanol–water partition coefficient (Wildman–Crippen LogP) is 0.134. The minimum absolute atomic E-state index is 0.147. The molecule has 3 rings (SSSR count). The summed E-state index contributed by atoms with van der Waals surface area (Å²) in [6, 6.07) is 0. The Labute approximate surface area is 72.2 Å². The van der Waals surface area contributed by atoms with Crippen LogP contribution in [0.2, 0.25) is 0 Å². The van der Waals surface area contributed by atoms with Gasteiger partial charge in [-0.15, -0.1) is 10.2 Å². The van der Waals surface area contributed by atoms with E-state index < -0.39 is 0 Å². The molecule has 2 heterocycles. The van der Waals surface area contributed by atoms with E-state index in [2.05, 4.69) is 15.3 Å². The maximum Gasteiger partial charge on any atom is 0.234 e. The minimum atomic E-state index is -0.147. The minimum Gasteiger partial charge on any atom is -0.319 e. The summed E-state index contributed by atoms with van der Waals surface area (Å²) < 4.78 is 1.67. The van der Waals surface area contributed by atoms with Crippen molar-refractivity contribution in [3.05, 3.63) is 11.3 Å². The van der Waals surface area contributed by atoms with Crippen molar-refractivity contribution in [2.24, 2.45) is 5.73 Å². The zero-order chi connectivity index (χ0) is 8.18. The summed E-state index contributed by atoms with van der Waals surface area (Å²) in [7, 11) is 0. The quantitative estimate of drug-likeness (QED) is 0.679. The highest BCUT2D eigenvalue weighted by molar-refractivity contribution is 7.16. The molecular weight excluding hydrogens is 174 g/mol. The van der Waals surface area contributed by atoms with E-state index in [1.807, 2.05) is 0 Å². The van der Waals surface area contributed by atoms with Crippen molar-refractivity contribution in [1.82, 2.24) is 19.8 Å². The first-order valence-corrected chi connectivity index (χ1v) is 4.56. The van der Waals surface area contributed by atoms with Gasteiger partial charge in [0.05, 0.1) is 5.54 Å². The molecule has 0 unspecified atom stereocenters. The highest BCUT2D eigenvalue weighted by atomic mass is 32.1. The standard InChI is InChI=1S/C6H7N5S/c7-6(1-2-6)4-10-11-3-8-9-5(11)12-4/h3H,1-2,7H2. The molecule has 2 aromatic rings. The SMILES string of the molecule is NC1(c2nn3cnnc3s2)CC1. The van der Waals surface area contributed by atoms with Crippen molar-refractivity contribution in [2.45, 2.75) is 18.4 Å². The molecule has 0 atom stereocenters. The molecule has 0 saturated heterocycles. The number of aromatic nitrogens is 4. The van der Waals surface area contributed by atoms with Crippen molar-refractivity contribution in [2.75, 3.05) is 0 Å². The van der Waals surface area contributed by atoms with E-state index in [4.69, 9.17) is 5.73 Å². The molecule has 5 nitrogen and oxygen atoms in total. The second-order valence-corrected chi connectivity index (χ2v) is 4.08. The molecule has 12 heavy (non-hydrogen) atoms. The largest absolute Gasteiger partial charge is 0.319 e. The molecule has 2 aromatic heterocycles. The third-order valence-electron chi connectivity index (χ3n) is 2.10. The summed E-state index contributed by atoms with van der Waals surface area (Å²) in [6.07, 6.45) is 3.68. The van der Waals surface area contributed by atoms with Crippen LogP contribution >= 0.6 is 11.3 Å². The number of rotatable bonds is 1. The van der Waals surface area contributed by atoms with Gasteiger partial charge < -0.3 is 5.73 Å². The zero-order valence-corrected chi connectivity index (χ0v) is 7.08. The summed E-state index contributed by atoms with van der Waals surface area (Å²) in [6.45, 7) is 0. The van der Waals surface area contributed by atoms with Gasteiger partial charge in [-0.25, -0.2) is 0 Å². The van der Waals surface area contributed by atoms with Gasteiger partial charge in [-0.2, -0.15) is 9.61 Å². The first-order valence-electron chi connectivity index (χ1n) is 3.74. The van der Waals surface area contributed by atoms with Gasteiger partial charge in [-0.3, -0.25) is 0 Å². The average molecular weight is 181 g/mol. The van der Waals surface area contributed by atoms with Gasteiger partial charge in [0.15, 0.2) is 0 Å². The molecular formula is C6H7N5S. The average Bonchev–Trinajstić information content (AvgIpc) is 2.50. The van der Waals surface area contributed by atoms with Gasteiger partial charge in [-0.05, 0) is 12.8 Å². The van der Waals surface area contributed by atoms with E-state index in [1.54, 1.807) is 10.8 Å². The summed E-state index contributed by atoms with van der Waals surface area (Å²) in [4.78, 5) is 0.821. The van der Waals surface area contributed by atoms with Crippen molar-refractivity contribution >= 4 is 16.3 Å². The molecule has 0 bridgehead atoms. The molecule has 0 aliphatic heterocycles. The molecule has 0 amide bonds. The molecule has 1 aliphatic carbocycles. The lowest BCUT2D eigenvalue weighted by Crippen LogP contribution is -2.18. The maximum absolute atomic E-state index is 5.98. The Morgan fingerprint density at radius 2 is 2.42 bits per heavy atom. The molecule has 2 N–H and O–H groups in total. The van der Waals surface area contributed by atoms with Crippen LogP contribution in [0.15, 0.2) is 6.33 Å². The topological polar surface area (TPSA) is 69.1 Å². The van der Waals surface area contributed by atoms with Gasteiger partial charge in [0.1, 0.15) is 11.3 Å². The third-order valence-corrected chi connectivity index (χ3v) is 3.23. The molecule has 6 heteroatoms. The van der Waals surface area contributed by atoms with Gasteiger partial charge in [0, 0.05) is 0 Å². The smallest absolute Gasteiger partial charge is 0.234 e. The van der Waals surface area contributed by atoms with E-state index in [0.717, 1.165) is 22.8 Å². The Hall–Kier alpha value is -1.01. The molecule has 1 saturated carbocycles. The Morgan fingerprint density at radius 3 is 3.08 bits per heavy atom. The first-order chi connectivity index (χ1) is 5.78. The van der Waals surface area contributed by atoms with Crippen LogP contribution in [0.3, 0.4) is 0 Å². The van der Waals surface area contributed by atoms with Crippen LogP contribution in [0.4, 0.5) is 0 Å². The van der Waals surface area contributed by atoms with Crippen LogP contribution < -0.4 is 5.73 Å². The van der Waals surface area contributed by atoms with E-state index in [0.29, 0.717) is 0 Å². The number of hydrogen-bond acceptors (Lipinski definition) is 5. The van der Waals surface area contributed by atoms with Crippen LogP contribution in [0.1, 0.15) is 17.8 Å².